The van der Waals surface area contributed by atoms with E-state index in [9.17, 15) is 0 Å². The van der Waals surface area contributed by atoms with Crippen LogP contribution in [0.5, 0.6) is 0 Å². The van der Waals surface area contributed by atoms with Gasteiger partial charge in [0.25, 0.3) is 0 Å². The van der Waals surface area contributed by atoms with Gasteiger partial charge < -0.3 is 10.1 Å². The van der Waals surface area contributed by atoms with Gasteiger partial charge in [-0.3, -0.25) is 0 Å². The molecule has 0 bridgehead atoms. The van der Waals surface area contributed by atoms with Gasteiger partial charge in [0.2, 0.25) is 0 Å². The van der Waals surface area contributed by atoms with Crippen LogP contribution < -0.4 is 5.32 Å². The second-order valence-electron chi connectivity index (χ2n) is 5.42. The Morgan fingerprint density at radius 2 is 2.20 bits per heavy atom. The molecule has 1 N–H and O–H groups in total. The van der Waals surface area contributed by atoms with Gasteiger partial charge in [0.1, 0.15) is 0 Å². The largest absolute Gasteiger partial charge is 0.384 e. The van der Waals surface area contributed by atoms with Gasteiger partial charge >= 0.3 is 0 Å². The average molecular weight is 293 g/mol. The van der Waals surface area contributed by atoms with E-state index in [-0.39, 0.29) is 0 Å². The van der Waals surface area contributed by atoms with Crippen molar-refractivity contribution in [3.8, 4) is 0 Å². The Bertz CT molecular complexity index is 396. The molecule has 1 aliphatic rings. The molecule has 20 heavy (non-hydrogen) atoms. The van der Waals surface area contributed by atoms with Crippen molar-refractivity contribution in [3.05, 3.63) is 35.4 Å². The van der Waals surface area contributed by atoms with Gasteiger partial charge in [-0.25, -0.2) is 0 Å². The molecule has 0 aliphatic heterocycles. The molecule has 2 unspecified atom stereocenters. The summed E-state index contributed by atoms with van der Waals surface area (Å²) in [5.74, 6) is 1.09. The number of benzene rings is 1. The highest BCUT2D eigenvalue weighted by Gasteiger charge is 2.27. The van der Waals surface area contributed by atoms with Gasteiger partial charge in [-0.05, 0) is 43.4 Å². The molecule has 1 aromatic rings. The van der Waals surface area contributed by atoms with Gasteiger partial charge in [0, 0.05) is 24.2 Å². The molecule has 2 atom stereocenters. The number of hydrogen-bond donors (Lipinski definition) is 1. The third kappa shape index (κ3) is 4.24. The van der Waals surface area contributed by atoms with Gasteiger partial charge in [0.15, 0.2) is 0 Å². The molecule has 0 amide bonds. The normalized spacial score (nSPS) is 22.3. The van der Waals surface area contributed by atoms with Gasteiger partial charge in [0.05, 0.1) is 6.61 Å². The van der Waals surface area contributed by atoms with Crippen LogP contribution in [0.2, 0.25) is 0 Å². The number of nitrogens with one attached hydrogen (secondary N) is 1. The van der Waals surface area contributed by atoms with Crippen LogP contribution in [0.1, 0.15) is 43.4 Å². The second-order valence-corrected chi connectivity index (χ2v) is 6.77. The van der Waals surface area contributed by atoms with Crippen molar-refractivity contribution in [3.63, 3.8) is 0 Å². The smallest absolute Gasteiger partial charge is 0.0553 e. The summed E-state index contributed by atoms with van der Waals surface area (Å²) < 4.78 is 5.21. The average Bonchev–Trinajstić information content (AvgIpc) is 2.65. The highest BCUT2D eigenvalue weighted by molar-refractivity contribution is 7.99. The van der Waals surface area contributed by atoms with E-state index < -0.39 is 0 Å². The van der Waals surface area contributed by atoms with Crippen molar-refractivity contribution in [2.24, 2.45) is 0 Å². The third-order valence-corrected chi connectivity index (χ3v) is 5.27. The Morgan fingerprint density at radius 1 is 1.35 bits per heavy atom. The second kappa shape index (κ2) is 8.71. The van der Waals surface area contributed by atoms with E-state index >= 15 is 0 Å². The maximum absolute atomic E-state index is 5.21. The van der Waals surface area contributed by atoms with E-state index in [1.165, 1.54) is 36.8 Å². The van der Waals surface area contributed by atoms with Gasteiger partial charge in [-0.1, -0.05) is 31.2 Å². The lowest BCUT2D eigenvalue weighted by Gasteiger charge is -2.27. The quantitative estimate of drug-likeness (QED) is 0.610. The number of ether oxygens (including phenoxy) is 1. The fourth-order valence-corrected chi connectivity index (χ4v) is 4.26. The van der Waals surface area contributed by atoms with E-state index in [1.807, 2.05) is 0 Å². The minimum Gasteiger partial charge on any atom is -0.384 e. The highest BCUT2D eigenvalue weighted by atomic mass is 32.2. The van der Waals surface area contributed by atoms with Gasteiger partial charge in [-0.2, -0.15) is 11.8 Å². The fraction of sp³-hybridized carbons (Fsp3) is 0.647. The van der Waals surface area contributed by atoms with Crippen LogP contribution in [-0.4, -0.2) is 31.3 Å². The summed E-state index contributed by atoms with van der Waals surface area (Å²) in [6, 6.07) is 9.47. The maximum Gasteiger partial charge on any atom is 0.0553 e. The Labute approximate surface area is 127 Å². The molecule has 0 saturated carbocycles. The summed E-state index contributed by atoms with van der Waals surface area (Å²) in [7, 11) is 1.79. The summed E-state index contributed by atoms with van der Waals surface area (Å²) in [5.41, 5.74) is 3.06. The molecule has 0 spiro atoms. The first-order valence-electron chi connectivity index (χ1n) is 7.78. The molecule has 2 nitrogen and oxygen atoms in total. The third-order valence-electron chi connectivity index (χ3n) is 3.93. The van der Waals surface area contributed by atoms with Crippen LogP contribution in [0, 0.1) is 0 Å². The molecule has 0 fully saturated rings. The van der Waals surface area contributed by atoms with Crippen LogP contribution in [0.15, 0.2) is 24.3 Å². The van der Waals surface area contributed by atoms with Crippen LogP contribution in [0.4, 0.5) is 0 Å². The Morgan fingerprint density at radius 3 is 3.00 bits per heavy atom. The lowest BCUT2D eigenvalue weighted by Crippen LogP contribution is -2.31. The van der Waals surface area contributed by atoms with Crippen molar-refractivity contribution in [2.75, 3.05) is 26.0 Å². The molecular formula is C17H27NOS. The Hall–Kier alpha value is -0.510. The molecule has 0 aromatic heterocycles. The molecule has 2 rings (SSSR count). The SMILES string of the molecule is CCCNC1c2ccccc2CCCC1SCCOC. The molecule has 1 aromatic carbocycles. The van der Waals surface area contributed by atoms with Crippen LogP contribution in [0.25, 0.3) is 0 Å². The topological polar surface area (TPSA) is 21.3 Å². The van der Waals surface area contributed by atoms with Crippen LogP contribution in [0.3, 0.4) is 0 Å². The highest BCUT2D eigenvalue weighted by Crippen LogP contribution is 2.35. The summed E-state index contributed by atoms with van der Waals surface area (Å²) >= 11 is 2.07. The van der Waals surface area contributed by atoms with Crippen molar-refractivity contribution >= 4 is 11.8 Å². The predicted molar refractivity (Wildman–Crippen MR) is 88.5 cm³/mol. The van der Waals surface area contributed by atoms with Crippen LogP contribution in [-0.2, 0) is 11.2 Å². The lowest BCUT2D eigenvalue weighted by molar-refractivity contribution is 0.218. The molecule has 0 radical (unpaired) electrons. The summed E-state index contributed by atoms with van der Waals surface area (Å²) in [4.78, 5) is 0. The number of rotatable bonds is 7. The number of thioether (sulfide) groups is 1. The molecule has 0 saturated heterocycles. The van der Waals surface area contributed by atoms with Crippen molar-refractivity contribution in [1.82, 2.24) is 5.32 Å². The first-order chi connectivity index (χ1) is 9.86. The number of methoxy groups -OCH3 is 1. The Kier molecular flexibility index (Phi) is 6.91. The first-order valence-corrected chi connectivity index (χ1v) is 8.83. The van der Waals surface area contributed by atoms with E-state index in [4.69, 9.17) is 4.74 Å². The summed E-state index contributed by atoms with van der Waals surface area (Å²) in [5, 5.41) is 4.45. The fourth-order valence-electron chi connectivity index (χ4n) is 2.93. The number of hydrogen-bond acceptors (Lipinski definition) is 3. The van der Waals surface area contributed by atoms with Crippen molar-refractivity contribution in [2.45, 2.75) is 43.9 Å². The minimum atomic E-state index is 0.496. The number of aryl methyl sites for hydroxylation is 1. The van der Waals surface area contributed by atoms with Crippen LogP contribution >= 0.6 is 11.8 Å². The summed E-state index contributed by atoms with van der Waals surface area (Å²) in [6.45, 7) is 4.19. The van der Waals surface area contributed by atoms with Gasteiger partial charge in [-0.15, -0.1) is 0 Å². The molecular weight excluding hydrogens is 266 g/mol. The molecule has 3 heteroatoms. The first kappa shape index (κ1) is 15.9. The number of fused-ring (bicyclic) bond motifs is 1. The minimum absolute atomic E-state index is 0.496. The van der Waals surface area contributed by atoms with E-state index in [0.29, 0.717) is 11.3 Å². The zero-order chi connectivity index (χ0) is 14.2. The molecule has 1 aliphatic carbocycles. The lowest BCUT2D eigenvalue weighted by atomic mass is 9.99. The zero-order valence-electron chi connectivity index (χ0n) is 12.7. The molecule has 0 heterocycles. The Balaban J connectivity index is 2.13. The predicted octanol–water partition coefficient (Wildman–Crippen LogP) is 3.81. The maximum atomic E-state index is 5.21. The zero-order valence-corrected chi connectivity index (χ0v) is 13.5. The van der Waals surface area contributed by atoms with E-state index in [2.05, 4.69) is 48.3 Å². The standard InChI is InChI=1S/C17H27NOS/c1-3-11-18-17-15-9-5-4-7-14(15)8-6-10-16(17)20-13-12-19-2/h4-5,7,9,16-18H,3,6,8,10-13H2,1-2H3. The van der Waals surface area contributed by atoms with Crippen molar-refractivity contribution in [1.29, 1.82) is 0 Å². The van der Waals surface area contributed by atoms with E-state index in [1.54, 1.807) is 7.11 Å². The summed E-state index contributed by atoms with van der Waals surface area (Å²) in [6.07, 6.45) is 5.01. The van der Waals surface area contributed by atoms with Crippen molar-refractivity contribution < 1.29 is 4.74 Å². The monoisotopic (exact) mass is 293 g/mol. The molecule has 112 valence electrons. The van der Waals surface area contributed by atoms with E-state index in [0.717, 1.165) is 18.9 Å².